The van der Waals surface area contributed by atoms with Gasteiger partial charge in [0.2, 0.25) is 10.0 Å². The number of benzene rings is 3. The van der Waals surface area contributed by atoms with E-state index in [9.17, 15) is 13.2 Å². The Morgan fingerprint density at radius 3 is 2.32 bits per heavy atom. The lowest BCUT2D eigenvalue weighted by atomic mass is 10.2. The fourth-order valence-corrected chi connectivity index (χ4v) is 5.02. The summed E-state index contributed by atoms with van der Waals surface area (Å²) in [6, 6.07) is 23.1. The fraction of sp³-hybridized carbons (Fsp3) is 0.208. The summed E-state index contributed by atoms with van der Waals surface area (Å²) in [6.45, 7) is 1.51. The number of rotatable bonds is 7. The quantitative estimate of drug-likeness (QED) is 0.599. The second-order valence-corrected chi connectivity index (χ2v) is 9.33. The number of carbonyl (C=O) groups is 1. The van der Waals surface area contributed by atoms with Crippen molar-refractivity contribution in [2.24, 2.45) is 0 Å². The summed E-state index contributed by atoms with van der Waals surface area (Å²) in [5.74, 6) is 0.331. The third-order valence-electron chi connectivity index (χ3n) is 5.16. The van der Waals surface area contributed by atoms with Crippen LogP contribution in [0.2, 0.25) is 0 Å². The number of sulfonamides is 1. The van der Waals surface area contributed by atoms with Crippen molar-refractivity contribution in [1.82, 2.24) is 4.31 Å². The van der Waals surface area contributed by atoms with Gasteiger partial charge >= 0.3 is 0 Å². The Balaban J connectivity index is 1.40. The van der Waals surface area contributed by atoms with E-state index in [-0.39, 0.29) is 10.8 Å². The van der Waals surface area contributed by atoms with E-state index in [4.69, 9.17) is 4.74 Å². The molecule has 0 spiro atoms. The van der Waals surface area contributed by atoms with Gasteiger partial charge < -0.3 is 10.1 Å². The molecule has 1 fully saturated rings. The van der Waals surface area contributed by atoms with Gasteiger partial charge in [-0.25, -0.2) is 8.42 Å². The van der Waals surface area contributed by atoms with Crippen molar-refractivity contribution >= 4 is 21.6 Å². The van der Waals surface area contributed by atoms with Crippen LogP contribution in [0.25, 0.3) is 0 Å². The summed E-state index contributed by atoms with van der Waals surface area (Å²) < 4.78 is 32.7. The molecule has 1 aliphatic heterocycles. The van der Waals surface area contributed by atoms with Crippen LogP contribution in [0.4, 0.5) is 5.69 Å². The molecule has 3 aromatic carbocycles. The van der Waals surface area contributed by atoms with E-state index in [1.807, 2.05) is 30.3 Å². The molecular formula is C24H24N2O4S. The predicted molar refractivity (Wildman–Crippen MR) is 120 cm³/mol. The number of ether oxygens (including phenoxy) is 1. The first-order valence-electron chi connectivity index (χ1n) is 10.2. The van der Waals surface area contributed by atoms with Gasteiger partial charge in [0.15, 0.2) is 0 Å². The molecule has 31 heavy (non-hydrogen) atoms. The number of nitrogens with one attached hydrogen (secondary N) is 1. The van der Waals surface area contributed by atoms with Crippen molar-refractivity contribution in [3.8, 4) is 5.75 Å². The van der Waals surface area contributed by atoms with E-state index in [1.165, 1.54) is 16.4 Å². The molecule has 0 atom stereocenters. The van der Waals surface area contributed by atoms with Crippen LogP contribution < -0.4 is 10.1 Å². The van der Waals surface area contributed by atoms with E-state index in [0.717, 1.165) is 18.4 Å². The van der Waals surface area contributed by atoms with Gasteiger partial charge in [-0.05, 0) is 60.9 Å². The molecule has 0 bridgehead atoms. The summed E-state index contributed by atoms with van der Waals surface area (Å²) in [4.78, 5) is 12.8. The maximum Gasteiger partial charge on any atom is 0.255 e. The molecule has 7 heteroatoms. The smallest absolute Gasteiger partial charge is 0.255 e. The van der Waals surface area contributed by atoms with Crippen molar-refractivity contribution in [2.45, 2.75) is 24.3 Å². The molecule has 0 saturated carbocycles. The molecule has 1 aliphatic rings. The lowest BCUT2D eigenvalue weighted by Gasteiger charge is -2.16. The Labute approximate surface area is 182 Å². The highest BCUT2D eigenvalue weighted by molar-refractivity contribution is 7.89. The van der Waals surface area contributed by atoms with Crippen LogP contribution in [0.1, 0.15) is 28.8 Å². The molecule has 1 heterocycles. The lowest BCUT2D eigenvalue weighted by Crippen LogP contribution is -2.28. The maximum atomic E-state index is 12.7. The molecular weight excluding hydrogens is 412 g/mol. The summed E-state index contributed by atoms with van der Waals surface area (Å²) in [7, 11) is -3.57. The molecule has 6 nitrogen and oxygen atoms in total. The van der Waals surface area contributed by atoms with Crippen molar-refractivity contribution in [3.63, 3.8) is 0 Å². The van der Waals surface area contributed by atoms with Crippen LogP contribution in [0.5, 0.6) is 5.75 Å². The Hall–Kier alpha value is -3.16. The minimum Gasteiger partial charge on any atom is -0.489 e. The predicted octanol–water partition coefficient (Wildman–Crippen LogP) is 4.30. The SMILES string of the molecule is O=C(Nc1ccc(OCc2ccccc2)cc1)c1cccc(S(=O)(=O)N2CCCC2)c1. The van der Waals surface area contributed by atoms with Crippen LogP contribution in [0.3, 0.4) is 0 Å². The normalized spacial score (nSPS) is 14.3. The van der Waals surface area contributed by atoms with Gasteiger partial charge in [-0.1, -0.05) is 36.4 Å². The van der Waals surface area contributed by atoms with E-state index < -0.39 is 10.0 Å². The summed E-state index contributed by atoms with van der Waals surface area (Å²) in [6.07, 6.45) is 1.73. The number of nitrogens with zero attached hydrogens (tertiary/aromatic N) is 1. The van der Waals surface area contributed by atoms with E-state index in [2.05, 4.69) is 5.32 Å². The maximum absolute atomic E-state index is 12.7. The van der Waals surface area contributed by atoms with Crippen molar-refractivity contribution in [2.75, 3.05) is 18.4 Å². The average molecular weight is 437 g/mol. The molecule has 0 radical (unpaired) electrons. The topological polar surface area (TPSA) is 75.7 Å². The number of hydrogen-bond donors (Lipinski definition) is 1. The van der Waals surface area contributed by atoms with Gasteiger partial charge in [-0.3, -0.25) is 4.79 Å². The van der Waals surface area contributed by atoms with Gasteiger partial charge in [0, 0.05) is 24.3 Å². The van der Waals surface area contributed by atoms with Crippen LogP contribution in [-0.4, -0.2) is 31.7 Å². The molecule has 1 amide bonds. The Morgan fingerprint density at radius 2 is 1.61 bits per heavy atom. The zero-order valence-electron chi connectivity index (χ0n) is 17.0. The summed E-state index contributed by atoms with van der Waals surface area (Å²) in [5, 5.41) is 2.80. The number of anilines is 1. The van der Waals surface area contributed by atoms with Crippen LogP contribution in [0.15, 0.2) is 83.8 Å². The minimum absolute atomic E-state index is 0.145. The highest BCUT2D eigenvalue weighted by Gasteiger charge is 2.27. The number of carbonyl (C=O) groups excluding carboxylic acids is 1. The largest absolute Gasteiger partial charge is 0.489 e. The Morgan fingerprint density at radius 1 is 0.903 bits per heavy atom. The molecule has 0 aliphatic carbocycles. The van der Waals surface area contributed by atoms with Gasteiger partial charge in [0.25, 0.3) is 5.91 Å². The fourth-order valence-electron chi connectivity index (χ4n) is 3.45. The van der Waals surface area contributed by atoms with Crippen LogP contribution in [-0.2, 0) is 16.6 Å². The van der Waals surface area contributed by atoms with Crippen LogP contribution in [0, 0.1) is 0 Å². The van der Waals surface area contributed by atoms with Gasteiger partial charge in [0.1, 0.15) is 12.4 Å². The monoisotopic (exact) mass is 436 g/mol. The molecule has 160 valence electrons. The molecule has 0 aromatic heterocycles. The molecule has 4 rings (SSSR count). The van der Waals surface area contributed by atoms with E-state index in [1.54, 1.807) is 36.4 Å². The van der Waals surface area contributed by atoms with E-state index in [0.29, 0.717) is 36.7 Å². The Bertz CT molecular complexity index is 1140. The van der Waals surface area contributed by atoms with Gasteiger partial charge in [-0.15, -0.1) is 0 Å². The average Bonchev–Trinajstić information content (AvgIpc) is 3.35. The number of hydrogen-bond acceptors (Lipinski definition) is 4. The highest BCUT2D eigenvalue weighted by Crippen LogP contribution is 2.22. The van der Waals surface area contributed by atoms with Gasteiger partial charge in [-0.2, -0.15) is 4.31 Å². The lowest BCUT2D eigenvalue weighted by molar-refractivity contribution is 0.102. The summed E-state index contributed by atoms with van der Waals surface area (Å²) in [5.41, 5.74) is 1.97. The van der Waals surface area contributed by atoms with Crippen molar-refractivity contribution in [1.29, 1.82) is 0 Å². The van der Waals surface area contributed by atoms with Gasteiger partial charge in [0.05, 0.1) is 4.90 Å². The van der Waals surface area contributed by atoms with Crippen molar-refractivity contribution < 1.29 is 17.9 Å². The van der Waals surface area contributed by atoms with Crippen molar-refractivity contribution in [3.05, 3.63) is 90.0 Å². The van der Waals surface area contributed by atoms with E-state index >= 15 is 0 Å². The molecule has 1 N–H and O–H groups in total. The van der Waals surface area contributed by atoms with Crippen LogP contribution >= 0.6 is 0 Å². The third kappa shape index (κ3) is 5.13. The molecule has 3 aromatic rings. The third-order valence-corrected chi connectivity index (χ3v) is 7.05. The zero-order chi connectivity index (χ0) is 21.7. The minimum atomic E-state index is -3.57. The first-order valence-corrected chi connectivity index (χ1v) is 11.6. The molecule has 1 saturated heterocycles. The second kappa shape index (κ2) is 9.32. The first-order chi connectivity index (χ1) is 15.0. The summed E-state index contributed by atoms with van der Waals surface area (Å²) >= 11 is 0. The Kier molecular flexibility index (Phi) is 6.34. The molecule has 0 unspecified atom stereocenters. The standard InChI is InChI=1S/C24H24N2O4S/c27-24(20-9-6-10-23(17-20)31(28,29)26-15-4-5-16-26)25-21-11-13-22(14-12-21)30-18-19-7-2-1-3-8-19/h1-3,6-14,17H,4-5,15-16,18H2,(H,25,27). The highest BCUT2D eigenvalue weighted by atomic mass is 32.2. The number of amides is 1. The zero-order valence-corrected chi connectivity index (χ0v) is 17.8. The first kappa shape index (κ1) is 21.1. The second-order valence-electron chi connectivity index (χ2n) is 7.39.